The van der Waals surface area contributed by atoms with E-state index in [4.69, 9.17) is 9.52 Å². The van der Waals surface area contributed by atoms with Gasteiger partial charge < -0.3 is 19.7 Å². The van der Waals surface area contributed by atoms with Crippen molar-refractivity contribution < 1.29 is 37.1 Å². The number of amides is 2. The van der Waals surface area contributed by atoms with Crippen LogP contribution in [-0.4, -0.2) is 53.1 Å². The van der Waals surface area contributed by atoms with Crippen molar-refractivity contribution in [3.63, 3.8) is 0 Å². The third-order valence-electron chi connectivity index (χ3n) is 4.50. The van der Waals surface area contributed by atoms with Crippen molar-refractivity contribution in [3.8, 4) is 0 Å². The standard InChI is InChI=1S/C16H19F3N2O5/c1-9(2)11(20-12(22)10-4-3-7-26-10)13(23)21-6-5-15(8-21,14(24)25)16(17,18)19/h3-4,7,9,11H,5-6,8H2,1-2H3,(H,20,22)(H,24,25). The van der Waals surface area contributed by atoms with Gasteiger partial charge in [-0.2, -0.15) is 13.2 Å². The average molecular weight is 376 g/mol. The van der Waals surface area contributed by atoms with Crippen LogP contribution < -0.4 is 5.32 Å². The van der Waals surface area contributed by atoms with Gasteiger partial charge in [-0.15, -0.1) is 0 Å². The monoisotopic (exact) mass is 376 g/mol. The van der Waals surface area contributed by atoms with E-state index in [1.807, 2.05) is 0 Å². The third kappa shape index (κ3) is 3.54. The number of carbonyl (C=O) groups excluding carboxylic acids is 2. The lowest BCUT2D eigenvalue weighted by Crippen LogP contribution is -2.53. The van der Waals surface area contributed by atoms with Crippen LogP contribution in [0.1, 0.15) is 30.8 Å². The normalized spacial score (nSPS) is 21.7. The number of aliphatic carboxylic acids is 1. The van der Waals surface area contributed by atoms with Gasteiger partial charge in [-0.05, 0) is 24.5 Å². The van der Waals surface area contributed by atoms with Gasteiger partial charge in [-0.25, -0.2) is 0 Å². The molecule has 0 aromatic carbocycles. The summed E-state index contributed by atoms with van der Waals surface area (Å²) in [5.74, 6) is -3.91. The number of rotatable bonds is 5. The molecule has 2 unspecified atom stereocenters. The zero-order chi connectivity index (χ0) is 19.7. The molecule has 2 N–H and O–H groups in total. The quantitative estimate of drug-likeness (QED) is 0.818. The zero-order valence-corrected chi connectivity index (χ0v) is 14.2. The minimum atomic E-state index is -4.99. The van der Waals surface area contributed by atoms with E-state index in [-0.39, 0.29) is 12.3 Å². The van der Waals surface area contributed by atoms with Crippen molar-refractivity contribution in [3.05, 3.63) is 24.2 Å². The minimum Gasteiger partial charge on any atom is -0.481 e. The van der Waals surface area contributed by atoms with E-state index < -0.39 is 54.3 Å². The molecular formula is C16H19F3N2O5. The maximum absolute atomic E-state index is 13.3. The van der Waals surface area contributed by atoms with Crippen LogP contribution in [-0.2, 0) is 9.59 Å². The van der Waals surface area contributed by atoms with Gasteiger partial charge in [0.25, 0.3) is 5.91 Å². The second-order valence-corrected chi connectivity index (χ2v) is 6.57. The topological polar surface area (TPSA) is 99.9 Å². The predicted molar refractivity (Wildman–Crippen MR) is 82.1 cm³/mol. The number of hydrogen-bond donors (Lipinski definition) is 2. The molecule has 1 aromatic rings. The first-order valence-electron chi connectivity index (χ1n) is 7.93. The molecule has 1 fully saturated rings. The molecule has 2 heterocycles. The maximum atomic E-state index is 13.3. The van der Waals surface area contributed by atoms with Crippen LogP contribution in [0.25, 0.3) is 0 Å². The number of carboxylic acid groups (broad SMARTS) is 1. The summed E-state index contributed by atoms with van der Waals surface area (Å²) in [6.45, 7) is 1.90. The highest BCUT2D eigenvalue weighted by atomic mass is 19.4. The number of halogens is 3. The van der Waals surface area contributed by atoms with Gasteiger partial charge in [0, 0.05) is 13.1 Å². The first kappa shape index (κ1) is 19.8. The average Bonchev–Trinajstić information content (AvgIpc) is 3.20. The lowest BCUT2D eigenvalue weighted by molar-refractivity contribution is -0.227. The predicted octanol–water partition coefficient (Wildman–Crippen LogP) is 1.90. The van der Waals surface area contributed by atoms with Crippen molar-refractivity contribution in [2.45, 2.75) is 32.5 Å². The smallest absolute Gasteiger partial charge is 0.406 e. The summed E-state index contributed by atoms with van der Waals surface area (Å²) in [6.07, 6.45) is -4.45. The molecule has 2 rings (SSSR count). The Morgan fingerprint density at radius 2 is 2.00 bits per heavy atom. The Hall–Kier alpha value is -2.52. The van der Waals surface area contributed by atoms with Gasteiger partial charge in [0.15, 0.2) is 11.2 Å². The molecule has 144 valence electrons. The number of furan rings is 1. The third-order valence-corrected chi connectivity index (χ3v) is 4.50. The highest BCUT2D eigenvalue weighted by Gasteiger charge is 2.64. The van der Waals surface area contributed by atoms with E-state index >= 15 is 0 Å². The summed E-state index contributed by atoms with van der Waals surface area (Å²) in [6, 6.07) is 1.75. The molecule has 2 amide bonds. The van der Waals surface area contributed by atoms with Gasteiger partial charge in [-0.1, -0.05) is 13.8 Å². The molecule has 2 atom stereocenters. The summed E-state index contributed by atoms with van der Waals surface area (Å²) in [5, 5.41) is 11.5. The van der Waals surface area contributed by atoms with Crippen molar-refractivity contribution in [1.29, 1.82) is 0 Å². The molecule has 1 aliphatic heterocycles. The fourth-order valence-corrected chi connectivity index (χ4v) is 2.86. The number of nitrogens with one attached hydrogen (secondary N) is 1. The number of alkyl halides is 3. The van der Waals surface area contributed by atoms with Crippen molar-refractivity contribution in [2.75, 3.05) is 13.1 Å². The number of nitrogens with zero attached hydrogens (tertiary/aromatic N) is 1. The second-order valence-electron chi connectivity index (χ2n) is 6.57. The largest absolute Gasteiger partial charge is 0.481 e. The van der Waals surface area contributed by atoms with Crippen LogP contribution in [0.3, 0.4) is 0 Å². The molecule has 7 nitrogen and oxygen atoms in total. The Labute approximate surface area is 147 Å². The first-order chi connectivity index (χ1) is 12.0. The lowest BCUT2D eigenvalue weighted by atomic mass is 9.86. The molecule has 0 aliphatic carbocycles. The molecular weight excluding hydrogens is 357 g/mol. The van der Waals surface area contributed by atoms with Crippen molar-refractivity contribution in [2.24, 2.45) is 11.3 Å². The summed E-state index contributed by atoms with van der Waals surface area (Å²) < 4.78 is 44.7. The SMILES string of the molecule is CC(C)C(NC(=O)c1ccco1)C(=O)N1CCC(C(=O)O)(C(F)(F)F)C1. The Kier molecular flexibility index (Phi) is 5.33. The van der Waals surface area contributed by atoms with Crippen LogP contribution in [0.15, 0.2) is 22.8 Å². The molecule has 1 saturated heterocycles. The first-order valence-corrected chi connectivity index (χ1v) is 7.93. The molecule has 26 heavy (non-hydrogen) atoms. The number of carbonyl (C=O) groups is 3. The van der Waals surface area contributed by atoms with E-state index in [1.165, 1.54) is 18.4 Å². The molecule has 0 spiro atoms. The molecule has 0 saturated carbocycles. The highest BCUT2D eigenvalue weighted by Crippen LogP contribution is 2.45. The van der Waals surface area contributed by atoms with Gasteiger partial charge in [-0.3, -0.25) is 14.4 Å². The molecule has 0 radical (unpaired) electrons. The maximum Gasteiger partial charge on any atom is 0.406 e. The summed E-state index contributed by atoms with van der Waals surface area (Å²) >= 11 is 0. The fraction of sp³-hybridized carbons (Fsp3) is 0.562. The van der Waals surface area contributed by atoms with Crippen LogP contribution in [0.5, 0.6) is 0 Å². The van der Waals surface area contributed by atoms with Gasteiger partial charge in [0.05, 0.1) is 6.26 Å². The van der Waals surface area contributed by atoms with E-state index in [0.717, 1.165) is 4.90 Å². The molecule has 10 heteroatoms. The van der Waals surface area contributed by atoms with Gasteiger partial charge >= 0.3 is 12.1 Å². The molecule has 1 aliphatic rings. The van der Waals surface area contributed by atoms with Crippen LogP contribution in [0.4, 0.5) is 13.2 Å². The highest BCUT2D eigenvalue weighted by molar-refractivity contribution is 5.95. The lowest BCUT2D eigenvalue weighted by Gasteiger charge is -2.29. The van der Waals surface area contributed by atoms with E-state index in [2.05, 4.69) is 5.32 Å². The Bertz CT molecular complexity index is 687. The second kappa shape index (κ2) is 7.00. The Balaban J connectivity index is 2.17. The van der Waals surface area contributed by atoms with Crippen LogP contribution >= 0.6 is 0 Å². The minimum absolute atomic E-state index is 0.0416. The van der Waals surface area contributed by atoms with Gasteiger partial charge in [0.2, 0.25) is 5.91 Å². The van der Waals surface area contributed by atoms with E-state index in [0.29, 0.717) is 0 Å². The number of likely N-dealkylation sites (tertiary alicyclic amines) is 1. The van der Waals surface area contributed by atoms with E-state index in [1.54, 1.807) is 13.8 Å². The number of carboxylic acids is 1. The van der Waals surface area contributed by atoms with Crippen molar-refractivity contribution >= 4 is 17.8 Å². The van der Waals surface area contributed by atoms with E-state index in [9.17, 15) is 27.6 Å². The Morgan fingerprint density at radius 3 is 2.42 bits per heavy atom. The van der Waals surface area contributed by atoms with Crippen LogP contribution in [0.2, 0.25) is 0 Å². The Morgan fingerprint density at radius 1 is 1.35 bits per heavy atom. The molecule has 1 aromatic heterocycles. The van der Waals surface area contributed by atoms with Gasteiger partial charge in [0.1, 0.15) is 6.04 Å². The fourth-order valence-electron chi connectivity index (χ4n) is 2.86. The number of hydrogen-bond acceptors (Lipinski definition) is 4. The van der Waals surface area contributed by atoms with Crippen molar-refractivity contribution in [1.82, 2.24) is 10.2 Å². The van der Waals surface area contributed by atoms with Crippen LogP contribution in [0, 0.1) is 11.3 Å². The molecule has 0 bridgehead atoms. The summed E-state index contributed by atoms with van der Waals surface area (Å²) in [4.78, 5) is 36.8. The summed E-state index contributed by atoms with van der Waals surface area (Å²) in [5.41, 5.74) is -2.99. The zero-order valence-electron chi connectivity index (χ0n) is 14.2. The summed E-state index contributed by atoms with van der Waals surface area (Å²) in [7, 11) is 0.